The van der Waals surface area contributed by atoms with E-state index in [-0.39, 0.29) is 5.41 Å². The zero-order valence-corrected chi connectivity index (χ0v) is 32.0. The minimum absolute atomic E-state index is 0.0842. The molecule has 55 heavy (non-hydrogen) atoms. The molecule has 1 aliphatic rings. The van der Waals surface area contributed by atoms with E-state index in [9.17, 15) is 0 Å². The Balaban J connectivity index is 1.32. The molecule has 1 aliphatic carbocycles. The van der Waals surface area contributed by atoms with Crippen LogP contribution in [0, 0.1) is 5.92 Å². The van der Waals surface area contributed by atoms with Gasteiger partial charge in [0, 0.05) is 38.9 Å². The molecule has 4 heteroatoms. The topological polar surface area (TPSA) is 43.9 Å². The summed E-state index contributed by atoms with van der Waals surface area (Å²) in [6.07, 6.45) is 5.20. The van der Waals surface area contributed by atoms with Crippen molar-refractivity contribution in [3.63, 3.8) is 0 Å². The molecule has 0 radical (unpaired) electrons. The molecular formula is C51H45N3O. The Hall–Kier alpha value is -6.00. The lowest BCUT2D eigenvalue weighted by atomic mass is 9.82. The van der Waals surface area contributed by atoms with Gasteiger partial charge in [-0.25, -0.2) is 9.97 Å². The summed E-state index contributed by atoms with van der Waals surface area (Å²) < 4.78 is 9.32. The first-order valence-electron chi connectivity index (χ1n) is 19.9. The molecule has 0 saturated heterocycles. The van der Waals surface area contributed by atoms with Crippen LogP contribution in [-0.4, -0.2) is 14.5 Å². The maximum atomic E-state index is 6.89. The number of hydrogen-bond acceptors (Lipinski definition) is 3. The van der Waals surface area contributed by atoms with E-state index in [1.807, 2.05) is 0 Å². The van der Waals surface area contributed by atoms with Crippen LogP contribution in [0.15, 0.2) is 144 Å². The summed E-state index contributed by atoms with van der Waals surface area (Å²) in [4.78, 5) is 10.8. The van der Waals surface area contributed by atoms with Crippen LogP contribution >= 0.6 is 0 Å². The second kappa shape index (κ2) is 13.1. The first kappa shape index (κ1) is 33.6. The lowest BCUT2D eigenvalue weighted by molar-refractivity contribution is 0.452. The lowest BCUT2D eigenvalue weighted by Crippen LogP contribution is -2.13. The fourth-order valence-electron chi connectivity index (χ4n) is 9.04. The number of fused-ring (bicyclic) bond motifs is 6. The molecule has 4 nitrogen and oxygen atoms in total. The second-order valence-corrected chi connectivity index (χ2v) is 16.5. The summed E-state index contributed by atoms with van der Waals surface area (Å²) in [5.74, 6) is 1.93. The van der Waals surface area contributed by atoms with Crippen molar-refractivity contribution in [1.82, 2.24) is 14.5 Å². The van der Waals surface area contributed by atoms with Gasteiger partial charge in [-0.2, -0.15) is 0 Å². The quantitative estimate of drug-likeness (QED) is 0.172. The minimum atomic E-state index is -0.0842. The fraction of sp³-hybridized carbons (Fsp3) is 0.216. The van der Waals surface area contributed by atoms with Gasteiger partial charge in [-0.3, -0.25) is 4.57 Å². The Kier molecular flexibility index (Phi) is 7.99. The van der Waals surface area contributed by atoms with Gasteiger partial charge in [0.2, 0.25) is 5.71 Å². The number of aromatic nitrogens is 3. The van der Waals surface area contributed by atoms with E-state index in [0.29, 0.717) is 17.5 Å². The predicted octanol–water partition coefficient (Wildman–Crippen LogP) is 14.1. The number of benzene rings is 6. The molecule has 0 bridgehead atoms. The molecular weight excluding hydrogens is 671 g/mol. The molecule has 9 aromatic rings. The third-order valence-electron chi connectivity index (χ3n) is 12.1. The maximum Gasteiger partial charge on any atom is 0.227 e. The molecule has 6 aromatic carbocycles. The largest absolute Gasteiger partial charge is 0.437 e. The van der Waals surface area contributed by atoms with E-state index in [4.69, 9.17) is 14.4 Å². The summed E-state index contributed by atoms with van der Waals surface area (Å²) in [5, 5.41) is 4.42. The zero-order valence-electron chi connectivity index (χ0n) is 32.0. The Bertz CT molecular complexity index is 2810. The van der Waals surface area contributed by atoms with Crippen molar-refractivity contribution in [3.8, 4) is 39.3 Å². The molecule has 1 saturated carbocycles. The zero-order chi connectivity index (χ0) is 37.3. The molecule has 1 unspecified atom stereocenters. The van der Waals surface area contributed by atoms with E-state index in [1.165, 1.54) is 36.6 Å². The van der Waals surface area contributed by atoms with Gasteiger partial charge in [0.1, 0.15) is 11.4 Å². The minimum Gasteiger partial charge on any atom is -0.437 e. The van der Waals surface area contributed by atoms with Crippen molar-refractivity contribution in [1.29, 1.82) is 0 Å². The summed E-state index contributed by atoms with van der Waals surface area (Å²) in [5.41, 5.74) is 12.5. The summed E-state index contributed by atoms with van der Waals surface area (Å²) >= 11 is 0. The number of rotatable bonds is 6. The van der Waals surface area contributed by atoms with Crippen molar-refractivity contribution >= 4 is 43.9 Å². The molecule has 10 rings (SSSR count). The average molecular weight is 716 g/mol. The highest BCUT2D eigenvalue weighted by Crippen LogP contribution is 2.46. The number of nitrogens with zero attached hydrogens (tertiary/aromatic N) is 3. The molecule has 0 aliphatic heterocycles. The molecule has 0 amide bonds. The lowest BCUT2D eigenvalue weighted by Gasteiger charge is -2.26. The number of furan rings is 1. The van der Waals surface area contributed by atoms with Gasteiger partial charge in [0.25, 0.3) is 0 Å². The third kappa shape index (κ3) is 5.66. The number of para-hydroxylation sites is 1. The Morgan fingerprint density at radius 3 is 1.98 bits per heavy atom. The van der Waals surface area contributed by atoms with Gasteiger partial charge in [0.05, 0.1) is 22.3 Å². The van der Waals surface area contributed by atoms with E-state index < -0.39 is 0 Å². The van der Waals surface area contributed by atoms with Gasteiger partial charge in [0.15, 0.2) is 0 Å². The van der Waals surface area contributed by atoms with Crippen molar-refractivity contribution in [3.05, 3.63) is 151 Å². The van der Waals surface area contributed by atoms with Crippen LogP contribution in [0.25, 0.3) is 83.2 Å². The van der Waals surface area contributed by atoms with Gasteiger partial charge in [-0.05, 0) is 82.6 Å². The van der Waals surface area contributed by atoms with Crippen LogP contribution in [0.2, 0.25) is 0 Å². The second-order valence-electron chi connectivity index (χ2n) is 16.5. The average Bonchev–Trinajstić information content (AvgIpc) is 3.98. The van der Waals surface area contributed by atoms with E-state index in [2.05, 4.69) is 172 Å². The molecule has 1 fully saturated rings. The van der Waals surface area contributed by atoms with Crippen molar-refractivity contribution in [2.75, 3.05) is 0 Å². The smallest absolute Gasteiger partial charge is 0.227 e. The van der Waals surface area contributed by atoms with Crippen molar-refractivity contribution in [2.24, 2.45) is 5.92 Å². The van der Waals surface area contributed by atoms with Crippen LogP contribution in [0.4, 0.5) is 0 Å². The number of hydrogen-bond donors (Lipinski definition) is 0. The van der Waals surface area contributed by atoms with Gasteiger partial charge >= 0.3 is 0 Å². The highest BCUT2D eigenvalue weighted by molar-refractivity contribution is 6.11. The van der Waals surface area contributed by atoms with Crippen LogP contribution in [0.3, 0.4) is 0 Å². The standard InChI is InChI=1S/C51H45N3O/c1-32(33-16-11-12-17-33)44-29-27-40-39-24-15-25-41(48(39)55-50(40)53-44)49-52-45-28-26-36-22-13-14-23-38(36)47(45)54(49)46-42(34-18-7-5-8-19-34)30-37(51(2,3)4)31-43(46)35-20-9-6-10-21-35/h5-10,13-15,18-33H,11-12,16-17H2,1-4H3. The highest BCUT2D eigenvalue weighted by atomic mass is 16.3. The maximum absolute atomic E-state index is 6.89. The third-order valence-corrected chi connectivity index (χ3v) is 12.1. The van der Waals surface area contributed by atoms with E-state index >= 15 is 0 Å². The molecule has 0 spiro atoms. The number of pyridine rings is 1. The monoisotopic (exact) mass is 715 g/mol. The molecule has 3 aromatic heterocycles. The molecule has 3 heterocycles. The Morgan fingerprint density at radius 2 is 1.29 bits per heavy atom. The SMILES string of the molecule is CC(c1ccc2c(n1)oc1c(-c3nc4ccc5ccccc5c4n3-c3c(-c4ccccc4)cc(C(C)(C)C)cc3-c3ccccc3)cccc12)C1CCCC1. The van der Waals surface area contributed by atoms with Crippen LogP contribution in [0.1, 0.15) is 70.6 Å². The van der Waals surface area contributed by atoms with Gasteiger partial charge < -0.3 is 4.42 Å². The Morgan fingerprint density at radius 1 is 0.636 bits per heavy atom. The molecule has 270 valence electrons. The van der Waals surface area contributed by atoms with Crippen LogP contribution in [0.5, 0.6) is 0 Å². The van der Waals surface area contributed by atoms with Crippen LogP contribution in [-0.2, 0) is 5.41 Å². The highest BCUT2D eigenvalue weighted by Gasteiger charge is 2.28. The van der Waals surface area contributed by atoms with Crippen molar-refractivity contribution < 1.29 is 4.42 Å². The van der Waals surface area contributed by atoms with Gasteiger partial charge in [-0.15, -0.1) is 0 Å². The normalized spacial score (nSPS) is 14.5. The molecule has 1 atom stereocenters. The first-order chi connectivity index (χ1) is 26.8. The molecule has 0 N–H and O–H groups in total. The summed E-state index contributed by atoms with van der Waals surface area (Å²) in [6.45, 7) is 9.23. The summed E-state index contributed by atoms with van der Waals surface area (Å²) in [6, 6.07) is 50.4. The summed E-state index contributed by atoms with van der Waals surface area (Å²) in [7, 11) is 0. The van der Waals surface area contributed by atoms with Crippen LogP contribution < -0.4 is 0 Å². The fourth-order valence-corrected chi connectivity index (χ4v) is 9.04. The van der Waals surface area contributed by atoms with Crippen molar-refractivity contribution in [2.45, 2.75) is 64.7 Å². The van der Waals surface area contributed by atoms with E-state index in [1.54, 1.807) is 0 Å². The predicted molar refractivity (Wildman–Crippen MR) is 229 cm³/mol. The first-order valence-corrected chi connectivity index (χ1v) is 19.9. The Labute approximate surface area is 322 Å². The van der Waals surface area contributed by atoms with Gasteiger partial charge in [-0.1, -0.05) is 144 Å². The number of imidazole rings is 1. The van der Waals surface area contributed by atoms with E-state index in [0.717, 1.165) is 77.8 Å².